The van der Waals surface area contributed by atoms with Gasteiger partial charge in [0.25, 0.3) is 0 Å². The second kappa shape index (κ2) is 5.62. The Bertz CT molecular complexity index is 530. The molecule has 17 heavy (non-hydrogen) atoms. The van der Waals surface area contributed by atoms with Crippen molar-refractivity contribution in [1.29, 1.82) is 0 Å². The summed E-state index contributed by atoms with van der Waals surface area (Å²) in [6.45, 7) is 0. The zero-order valence-corrected chi connectivity index (χ0v) is 11.8. The Kier molecular flexibility index (Phi) is 4.15. The van der Waals surface area contributed by atoms with Crippen molar-refractivity contribution < 1.29 is 4.79 Å². The van der Waals surface area contributed by atoms with Crippen molar-refractivity contribution in [2.75, 3.05) is 5.32 Å². The monoisotopic (exact) mass is 330 g/mol. The number of rotatable bonds is 3. The van der Waals surface area contributed by atoms with Crippen LogP contribution >= 0.6 is 38.9 Å². The lowest BCUT2D eigenvalue weighted by molar-refractivity contribution is -0.115. The van der Waals surface area contributed by atoms with Gasteiger partial charge in [-0.1, -0.05) is 17.7 Å². The Morgan fingerprint density at radius 1 is 1.59 bits per heavy atom. The Hall–Kier alpha value is -0.910. The predicted octanol–water partition coefficient (Wildman–Crippen LogP) is 3.74. The summed E-state index contributed by atoms with van der Waals surface area (Å²) in [7, 11) is 0. The third-order valence-corrected chi connectivity index (χ3v) is 4.01. The van der Waals surface area contributed by atoms with Crippen molar-refractivity contribution in [3.8, 4) is 0 Å². The van der Waals surface area contributed by atoms with E-state index in [0.29, 0.717) is 21.7 Å². The maximum atomic E-state index is 11.7. The first-order chi connectivity index (χ1) is 8.15. The summed E-state index contributed by atoms with van der Waals surface area (Å²) in [6.07, 6.45) is 1.90. The van der Waals surface area contributed by atoms with Gasteiger partial charge in [0.05, 0.1) is 22.8 Å². The summed E-state index contributed by atoms with van der Waals surface area (Å²) in [6, 6.07) is 5.58. The van der Waals surface area contributed by atoms with Gasteiger partial charge >= 0.3 is 0 Å². The van der Waals surface area contributed by atoms with Crippen LogP contribution in [0.25, 0.3) is 0 Å². The molecule has 2 heterocycles. The number of nitrogens with zero attached hydrogens (tertiary/aromatic N) is 1. The zero-order chi connectivity index (χ0) is 12.3. The van der Waals surface area contributed by atoms with E-state index in [2.05, 4.69) is 26.2 Å². The second-order valence-corrected chi connectivity index (χ2v) is 5.55. The molecule has 0 aliphatic rings. The van der Waals surface area contributed by atoms with Gasteiger partial charge in [-0.2, -0.15) is 0 Å². The van der Waals surface area contributed by atoms with Crippen molar-refractivity contribution in [2.24, 2.45) is 0 Å². The minimum absolute atomic E-state index is 0.0662. The topological polar surface area (TPSA) is 42.0 Å². The van der Waals surface area contributed by atoms with E-state index in [4.69, 9.17) is 11.6 Å². The van der Waals surface area contributed by atoms with Crippen LogP contribution in [-0.2, 0) is 11.2 Å². The molecule has 2 aromatic heterocycles. The van der Waals surface area contributed by atoms with Gasteiger partial charge in [0, 0.05) is 4.88 Å². The van der Waals surface area contributed by atoms with Crippen molar-refractivity contribution >= 4 is 50.5 Å². The minimum atomic E-state index is -0.0662. The Labute approximate surface area is 116 Å². The summed E-state index contributed by atoms with van der Waals surface area (Å²) >= 11 is 10.6. The van der Waals surface area contributed by atoms with Crippen LogP contribution in [0.3, 0.4) is 0 Å². The number of carbonyl (C=O) groups is 1. The molecule has 0 saturated carbocycles. The first-order valence-corrected chi connectivity index (χ1v) is 6.83. The van der Waals surface area contributed by atoms with Crippen LogP contribution in [0.5, 0.6) is 0 Å². The Morgan fingerprint density at radius 3 is 3.06 bits per heavy atom. The molecule has 88 valence electrons. The molecule has 2 rings (SSSR count). The number of aromatic nitrogens is 1. The molecule has 2 aromatic rings. The van der Waals surface area contributed by atoms with Gasteiger partial charge in [-0.3, -0.25) is 4.79 Å². The summed E-state index contributed by atoms with van der Waals surface area (Å²) in [5.41, 5.74) is 0.628. The number of thiophene rings is 1. The van der Waals surface area contributed by atoms with Gasteiger partial charge in [0.2, 0.25) is 5.91 Å². The summed E-state index contributed by atoms with van der Waals surface area (Å²) in [4.78, 5) is 16.7. The molecule has 0 aromatic carbocycles. The molecule has 1 N–H and O–H groups in total. The normalized spacial score (nSPS) is 10.2. The summed E-state index contributed by atoms with van der Waals surface area (Å²) in [5, 5.41) is 5.09. The van der Waals surface area contributed by atoms with Gasteiger partial charge in [-0.05, 0) is 33.4 Å². The smallest absolute Gasteiger partial charge is 0.229 e. The fraction of sp³-hybridized carbons (Fsp3) is 0.0909. The highest BCUT2D eigenvalue weighted by atomic mass is 79.9. The van der Waals surface area contributed by atoms with Crippen molar-refractivity contribution in [3.05, 3.63) is 44.3 Å². The molecule has 0 bridgehead atoms. The summed E-state index contributed by atoms with van der Waals surface area (Å²) < 4.78 is 0.660. The standard InChI is InChI=1S/C11H8BrClN2OS/c12-9-4-7(6-14-11(9)13)15-10(16)5-8-2-1-3-17-8/h1-4,6H,5H2,(H,15,16). The number of pyridine rings is 1. The Balaban J connectivity index is 2.00. The van der Waals surface area contributed by atoms with Gasteiger partial charge in [0.15, 0.2) is 0 Å². The Morgan fingerprint density at radius 2 is 2.41 bits per heavy atom. The van der Waals surface area contributed by atoms with E-state index in [1.807, 2.05) is 17.5 Å². The van der Waals surface area contributed by atoms with E-state index < -0.39 is 0 Å². The fourth-order valence-electron chi connectivity index (χ4n) is 1.27. The van der Waals surface area contributed by atoms with Crippen LogP contribution in [0.4, 0.5) is 5.69 Å². The first kappa shape index (κ1) is 12.5. The van der Waals surface area contributed by atoms with E-state index in [1.165, 1.54) is 6.20 Å². The first-order valence-electron chi connectivity index (χ1n) is 4.78. The highest BCUT2D eigenvalue weighted by molar-refractivity contribution is 9.10. The van der Waals surface area contributed by atoms with Crippen LogP contribution in [0, 0.1) is 0 Å². The fourth-order valence-corrected chi connectivity index (χ4v) is 2.42. The number of nitrogens with one attached hydrogen (secondary N) is 1. The average molecular weight is 332 g/mol. The van der Waals surface area contributed by atoms with Crippen LogP contribution in [-0.4, -0.2) is 10.9 Å². The SMILES string of the molecule is O=C(Cc1cccs1)Nc1cnc(Cl)c(Br)c1. The number of amides is 1. The van der Waals surface area contributed by atoms with Gasteiger partial charge < -0.3 is 5.32 Å². The van der Waals surface area contributed by atoms with Crippen LogP contribution in [0.1, 0.15) is 4.88 Å². The molecule has 0 atom stereocenters. The lowest BCUT2D eigenvalue weighted by atomic mass is 10.3. The minimum Gasteiger partial charge on any atom is -0.324 e. The molecule has 0 radical (unpaired) electrons. The number of anilines is 1. The van der Waals surface area contributed by atoms with Crippen molar-refractivity contribution in [3.63, 3.8) is 0 Å². The summed E-state index contributed by atoms with van der Waals surface area (Å²) in [5.74, 6) is -0.0662. The van der Waals surface area contributed by atoms with E-state index in [-0.39, 0.29) is 5.91 Å². The molecule has 6 heteroatoms. The van der Waals surface area contributed by atoms with Gasteiger partial charge in [0.1, 0.15) is 5.15 Å². The zero-order valence-electron chi connectivity index (χ0n) is 8.61. The van der Waals surface area contributed by atoms with E-state index in [0.717, 1.165) is 4.88 Å². The molecular weight excluding hydrogens is 324 g/mol. The molecule has 0 unspecified atom stereocenters. The number of hydrogen-bond donors (Lipinski definition) is 1. The van der Waals surface area contributed by atoms with E-state index >= 15 is 0 Å². The van der Waals surface area contributed by atoms with E-state index in [9.17, 15) is 4.79 Å². The molecule has 0 spiro atoms. The second-order valence-electron chi connectivity index (χ2n) is 3.30. The molecular formula is C11H8BrClN2OS. The molecule has 0 aliphatic heterocycles. The molecule has 0 fully saturated rings. The molecule has 3 nitrogen and oxygen atoms in total. The van der Waals surface area contributed by atoms with Crippen LogP contribution in [0.15, 0.2) is 34.2 Å². The highest BCUT2D eigenvalue weighted by Crippen LogP contribution is 2.23. The van der Waals surface area contributed by atoms with Crippen LogP contribution in [0.2, 0.25) is 5.15 Å². The average Bonchev–Trinajstić information content (AvgIpc) is 2.76. The van der Waals surface area contributed by atoms with E-state index in [1.54, 1.807) is 17.4 Å². The lowest BCUT2D eigenvalue weighted by Gasteiger charge is -2.04. The highest BCUT2D eigenvalue weighted by Gasteiger charge is 2.06. The maximum absolute atomic E-state index is 11.7. The quantitative estimate of drug-likeness (QED) is 0.871. The molecule has 1 amide bonds. The molecule has 0 saturated heterocycles. The number of halogens is 2. The van der Waals surface area contributed by atoms with Crippen molar-refractivity contribution in [2.45, 2.75) is 6.42 Å². The van der Waals surface area contributed by atoms with Gasteiger partial charge in [-0.25, -0.2) is 4.98 Å². The van der Waals surface area contributed by atoms with Gasteiger partial charge in [-0.15, -0.1) is 11.3 Å². The van der Waals surface area contributed by atoms with Crippen LogP contribution < -0.4 is 5.32 Å². The number of hydrogen-bond acceptors (Lipinski definition) is 3. The third kappa shape index (κ3) is 3.52. The number of carbonyl (C=O) groups excluding carboxylic acids is 1. The van der Waals surface area contributed by atoms with Crippen molar-refractivity contribution in [1.82, 2.24) is 4.98 Å². The maximum Gasteiger partial charge on any atom is 0.229 e. The molecule has 0 aliphatic carbocycles. The predicted molar refractivity (Wildman–Crippen MR) is 73.6 cm³/mol. The third-order valence-electron chi connectivity index (χ3n) is 1.99. The lowest BCUT2D eigenvalue weighted by Crippen LogP contribution is -2.13. The largest absolute Gasteiger partial charge is 0.324 e.